The Balaban J connectivity index is 3.00. The van der Waals surface area contributed by atoms with Crippen LogP contribution < -0.4 is 9.47 Å². The minimum atomic E-state index is -1.10. The maximum atomic E-state index is 11.2. The molecule has 0 radical (unpaired) electrons. The van der Waals surface area contributed by atoms with Crippen LogP contribution in [-0.2, 0) is 4.79 Å². The zero-order chi connectivity index (χ0) is 12.1. The highest BCUT2D eigenvalue weighted by Crippen LogP contribution is 2.25. The molecule has 0 amide bonds. The lowest BCUT2D eigenvalue weighted by atomic mass is 10.1. The molecular weight excluding hydrogens is 212 g/mol. The Morgan fingerprint density at radius 3 is 2.56 bits per heavy atom. The van der Waals surface area contributed by atoms with Crippen molar-refractivity contribution in [3.05, 3.63) is 23.8 Å². The maximum absolute atomic E-state index is 11.2. The molecule has 0 bridgehead atoms. The summed E-state index contributed by atoms with van der Waals surface area (Å²) in [6.07, 6.45) is 0. The van der Waals surface area contributed by atoms with E-state index in [1.54, 1.807) is 12.1 Å². The van der Waals surface area contributed by atoms with E-state index < -0.39 is 12.6 Å². The second-order valence-corrected chi connectivity index (χ2v) is 3.10. The number of hydrogen-bond donors (Lipinski definition) is 1. The van der Waals surface area contributed by atoms with Gasteiger partial charge < -0.3 is 14.6 Å². The molecule has 0 unspecified atom stereocenters. The van der Waals surface area contributed by atoms with Crippen molar-refractivity contribution in [1.82, 2.24) is 0 Å². The Kier molecular flexibility index (Phi) is 3.88. The molecule has 0 aliphatic carbocycles. The van der Waals surface area contributed by atoms with Gasteiger partial charge in [-0.15, -0.1) is 0 Å². The van der Waals surface area contributed by atoms with E-state index in [0.29, 0.717) is 11.3 Å². The van der Waals surface area contributed by atoms with Gasteiger partial charge in [-0.1, -0.05) is 0 Å². The van der Waals surface area contributed by atoms with Crippen LogP contribution in [0.4, 0.5) is 0 Å². The first-order valence-corrected chi connectivity index (χ1v) is 4.58. The predicted molar refractivity (Wildman–Crippen MR) is 56.1 cm³/mol. The van der Waals surface area contributed by atoms with Gasteiger partial charge in [0, 0.05) is 6.07 Å². The number of aliphatic carboxylic acids is 1. The van der Waals surface area contributed by atoms with Crippen molar-refractivity contribution in [2.45, 2.75) is 6.92 Å². The van der Waals surface area contributed by atoms with Gasteiger partial charge >= 0.3 is 5.97 Å². The summed E-state index contributed by atoms with van der Waals surface area (Å²) in [4.78, 5) is 21.6. The molecule has 0 fully saturated rings. The molecule has 0 atom stereocenters. The first kappa shape index (κ1) is 12.0. The molecule has 0 aliphatic heterocycles. The highest BCUT2D eigenvalue weighted by atomic mass is 16.5. The van der Waals surface area contributed by atoms with Gasteiger partial charge in [0.15, 0.2) is 12.4 Å². The summed E-state index contributed by atoms with van der Waals surface area (Å²) in [7, 11) is 1.48. The van der Waals surface area contributed by atoms with Crippen LogP contribution in [-0.4, -0.2) is 30.6 Å². The number of methoxy groups -OCH3 is 1. The standard InChI is InChI=1S/C11H12O5/c1-7(12)9-4-3-8(15-2)5-10(9)16-6-11(13)14/h3-5H,6H2,1-2H3,(H,13,14). The number of ether oxygens (including phenoxy) is 2. The molecule has 0 aliphatic rings. The highest BCUT2D eigenvalue weighted by molar-refractivity contribution is 5.97. The predicted octanol–water partition coefficient (Wildman–Crippen LogP) is 1.36. The lowest BCUT2D eigenvalue weighted by Gasteiger charge is -2.09. The van der Waals surface area contributed by atoms with E-state index in [2.05, 4.69) is 0 Å². The number of rotatable bonds is 5. The Labute approximate surface area is 92.6 Å². The third-order valence-corrected chi connectivity index (χ3v) is 1.92. The molecule has 1 N–H and O–H groups in total. The zero-order valence-electron chi connectivity index (χ0n) is 9.02. The number of ketones is 1. The van der Waals surface area contributed by atoms with Crippen LogP contribution in [0.25, 0.3) is 0 Å². The summed E-state index contributed by atoms with van der Waals surface area (Å²) in [6, 6.07) is 4.64. The van der Waals surface area contributed by atoms with Crippen molar-refractivity contribution >= 4 is 11.8 Å². The molecule has 5 nitrogen and oxygen atoms in total. The van der Waals surface area contributed by atoms with E-state index in [-0.39, 0.29) is 11.5 Å². The number of benzene rings is 1. The Hall–Kier alpha value is -2.04. The number of carbonyl (C=O) groups excluding carboxylic acids is 1. The van der Waals surface area contributed by atoms with Crippen molar-refractivity contribution in [2.24, 2.45) is 0 Å². The second kappa shape index (κ2) is 5.16. The van der Waals surface area contributed by atoms with Crippen LogP contribution in [0.5, 0.6) is 11.5 Å². The van der Waals surface area contributed by atoms with Gasteiger partial charge in [0.05, 0.1) is 12.7 Å². The normalized spacial score (nSPS) is 9.62. The zero-order valence-corrected chi connectivity index (χ0v) is 9.02. The Morgan fingerprint density at radius 1 is 1.38 bits per heavy atom. The fourth-order valence-corrected chi connectivity index (χ4v) is 1.18. The van der Waals surface area contributed by atoms with Crippen molar-refractivity contribution in [3.63, 3.8) is 0 Å². The average Bonchev–Trinajstić information content (AvgIpc) is 2.25. The van der Waals surface area contributed by atoms with Gasteiger partial charge in [0.25, 0.3) is 0 Å². The lowest BCUT2D eigenvalue weighted by molar-refractivity contribution is -0.139. The largest absolute Gasteiger partial charge is 0.497 e. The van der Waals surface area contributed by atoms with E-state index in [1.807, 2.05) is 0 Å². The topological polar surface area (TPSA) is 72.8 Å². The summed E-state index contributed by atoms with van der Waals surface area (Å²) in [5.41, 5.74) is 0.335. The fraction of sp³-hybridized carbons (Fsp3) is 0.273. The molecule has 1 rings (SSSR count). The summed E-state index contributed by atoms with van der Waals surface area (Å²) in [5.74, 6) is -0.569. The van der Waals surface area contributed by atoms with Crippen molar-refractivity contribution < 1.29 is 24.2 Å². The van der Waals surface area contributed by atoms with Crippen molar-refractivity contribution in [1.29, 1.82) is 0 Å². The summed E-state index contributed by atoms with van der Waals surface area (Å²) < 4.78 is 9.96. The second-order valence-electron chi connectivity index (χ2n) is 3.10. The van der Waals surface area contributed by atoms with Crippen LogP contribution >= 0.6 is 0 Å². The summed E-state index contributed by atoms with van der Waals surface area (Å²) in [5, 5.41) is 8.49. The van der Waals surface area contributed by atoms with E-state index in [4.69, 9.17) is 14.6 Å². The number of carboxylic acids is 1. The van der Waals surface area contributed by atoms with Gasteiger partial charge in [-0.2, -0.15) is 0 Å². The van der Waals surface area contributed by atoms with Crippen molar-refractivity contribution in [3.8, 4) is 11.5 Å². The number of carboxylic acid groups (broad SMARTS) is 1. The molecule has 0 spiro atoms. The van der Waals surface area contributed by atoms with Crippen LogP contribution in [0.1, 0.15) is 17.3 Å². The molecule has 0 heterocycles. The van der Waals surface area contributed by atoms with Crippen LogP contribution in [0.3, 0.4) is 0 Å². The monoisotopic (exact) mass is 224 g/mol. The lowest BCUT2D eigenvalue weighted by Crippen LogP contribution is -2.11. The van der Waals surface area contributed by atoms with E-state index in [9.17, 15) is 9.59 Å². The molecule has 86 valence electrons. The van der Waals surface area contributed by atoms with Gasteiger partial charge in [-0.3, -0.25) is 4.79 Å². The smallest absolute Gasteiger partial charge is 0.341 e. The minimum Gasteiger partial charge on any atom is -0.497 e. The van der Waals surface area contributed by atoms with E-state index in [1.165, 1.54) is 20.1 Å². The third kappa shape index (κ3) is 2.98. The number of hydrogen-bond acceptors (Lipinski definition) is 4. The highest BCUT2D eigenvalue weighted by Gasteiger charge is 2.11. The Morgan fingerprint density at radius 2 is 2.06 bits per heavy atom. The van der Waals surface area contributed by atoms with Gasteiger partial charge in [0.1, 0.15) is 11.5 Å². The van der Waals surface area contributed by atoms with Gasteiger partial charge in [-0.05, 0) is 19.1 Å². The Bertz CT molecular complexity index is 411. The number of Topliss-reactive ketones (excluding diaryl/α,β-unsaturated/α-hetero) is 1. The molecule has 1 aromatic rings. The number of carbonyl (C=O) groups is 2. The SMILES string of the molecule is COc1ccc(C(C)=O)c(OCC(=O)O)c1. The van der Waals surface area contributed by atoms with E-state index in [0.717, 1.165) is 0 Å². The summed E-state index contributed by atoms with van der Waals surface area (Å²) >= 11 is 0. The minimum absolute atomic E-state index is 0.192. The van der Waals surface area contributed by atoms with Crippen LogP contribution in [0.2, 0.25) is 0 Å². The van der Waals surface area contributed by atoms with E-state index >= 15 is 0 Å². The molecule has 0 saturated heterocycles. The molecule has 5 heteroatoms. The maximum Gasteiger partial charge on any atom is 0.341 e. The van der Waals surface area contributed by atoms with Crippen LogP contribution in [0.15, 0.2) is 18.2 Å². The molecule has 0 aromatic heterocycles. The molecule has 16 heavy (non-hydrogen) atoms. The van der Waals surface area contributed by atoms with Crippen LogP contribution in [0, 0.1) is 0 Å². The first-order chi connectivity index (χ1) is 7.54. The quantitative estimate of drug-likeness (QED) is 0.764. The molecule has 0 saturated carbocycles. The van der Waals surface area contributed by atoms with Gasteiger partial charge in [0.2, 0.25) is 0 Å². The first-order valence-electron chi connectivity index (χ1n) is 4.58. The fourth-order valence-electron chi connectivity index (χ4n) is 1.18. The van der Waals surface area contributed by atoms with Crippen molar-refractivity contribution in [2.75, 3.05) is 13.7 Å². The molecular formula is C11H12O5. The summed E-state index contributed by atoms with van der Waals surface area (Å²) in [6.45, 7) is 0.892. The molecule has 1 aromatic carbocycles. The average molecular weight is 224 g/mol. The van der Waals surface area contributed by atoms with Gasteiger partial charge in [-0.25, -0.2) is 4.79 Å². The third-order valence-electron chi connectivity index (χ3n) is 1.92.